The van der Waals surface area contributed by atoms with E-state index < -0.39 is 0 Å². The van der Waals surface area contributed by atoms with Crippen LogP contribution in [0, 0.1) is 0 Å². The number of carbonyl (C=O) groups excluding carboxylic acids is 1. The number of amides is 1. The summed E-state index contributed by atoms with van der Waals surface area (Å²) in [5.41, 5.74) is 3.57. The fourth-order valence-electron chi connectivity index (χ4n) is 1.49. The van der Waals surface area contributed by atoms with E-state index in [2.05, 4.69) is 17.5 Å². The Morgan fingerprint density at radius 2 is 1.89 bits per heavy atom. The summed E-state index contributed by atoms with van der Waals surface area (Å²) in [6.45, 7) is 2.10. The molecule has 0 fully saturated rings. The number of thiophene rings is 2. The van der Waals surface area contributed by atoms with Crippen molar-refractivity contribution in [1.29, 1.82) is 0 Å². The Bertz CT molecular complexity index is 515. The number of nitrogens with zero attached hydrogens (tertiary/aromatic N) is 1. The highest BCUT2D eigenvalue weighted by Gasteiger charge is 2.07. The van der Waals surface area contributed by atoms with Gasteiger partial charge in [-0.05, 0) is 29.3 Å². The highest BCUT2D eigenvalue weighted by molar-refractivity contribution is 7.12. The maximum Gasteiger partial charge on any atom is 0.281 e. The van der Waals surface area contributed by atoms with Crippen LogP contribution in [0.3, 0.4) is 0 Å². The lowest BCUT2D eigenvalue weighted by molar-refractivity contribution is 0.0959. The predicted molar refractivity (Wildman–Crippen MR) is 77.5 cm³/mol. The molecule has 0 spiro atoms. The maximum atomic E-state index is 11.8. The SMILES string of the molecule is CCC/C(=N\NC(=O)c1cccs1)c1cccs1. The quantitative estimate of drug-likeness (QED) is 0.657. The highest BCUT2D eigenvalue weighted by atomic mass is 32.1. The summed E-state index contributed by atoms with van der Waals surface area (Å²) in [5.74, 6) is -0.143. The van der Waals surface area contributed by atoms with Gasteiger partial charge in [-0.25, -0.2) is 5.43 Å². The first-order valence-electron chi connectivity index (χ1n) is 5.75. The first-order valence-corrected chi connectivity index (χ1v) is 7.51. The molecule has 2 aromatic rings. The second-order valence-electron chi connectivity index (χ2n) is 3.70. The molecule has 0 aliphatic rings. The van der Waals surface area contributed by atoms with E-state index in [-0.39, 0.29) is 5.91 Å². The molecule has 2 aromatic heterocycles. The van der Waals surface area contributed by atoms with Crippen molar-refractivity contribution >= 4 is 34.3 Å². The summed E-state index contributed by atoms with van der Waals surface area (Å²) in [6, 6.07) is 7.67. The van der Waals surface area contributed by atoms with Crippen molar-refractivity contribution in [2.75, 3.05) is 0 Å². The molecule has 0 aliphatic carbocycles. The Labute approximate surface area is 114 Å². The van der Waals surface area contributed by atoms with Gasteiger partial charge in [0.1, 0.15) is 0 Å². The van der Waals surface area contributed by atoms with Crippen molar-refractivity contribution < 1.29 is 4.79 Å². The van der Waals surface area contributed by atoms with Gasteiger partial charge in [-0.2, -0.15) is 5.10 Å². The van der Waals surface area contributed by atoms with E-state index >= 15 is 0 Å². The van der Waals surface area contributed by atoms with Crippen molar-refractivity contribution in [3.05, 3.63) is 44.8 Å². The lowest BCUT2D eigenvalue weighted by atomic mass is 10.2. The van der Waals surface area contributed by atoms with Crippen LogP contribution in [0.2, 0.25) is 0 Å². The molecule has 94 valence electrons. The molecule has 0 atom stereocenters. The third-order valence-corrected chi connectivity index (χ3v) is 4.12. The molecule has 0 saturated carbocycles. The zero-order valence-corrected chi connectivity index (χ0v) is 11.7. The average Bonchev–Trinajstić information content (AvgIpc) is 3.04. The van der Waals surface area contributed by atoms with Gasteiger partial charge in [0.2, 0.25) is 0 Å². The van der Waals surface area contributed by atoms with Crippen molar-refractivity contribution in [1.82, 2.24) is 5.43 Å². The number of hydrazone groups is 1. The molecular weight excluding hydrogens is 264 g/mol. The fraction of sp³-hybridized carbons (Fsp3) is 0.231. The molecule has 1 N–H and O–H groups in total. The maximum absolute atomic E-state index is 11.8. The van der Waals surface area contributed by atoms with Crippen LogP contribution in [0.15, 0.2) is 40.1 Å². The van der Waals surface area contributed by atoms with Gasteiger partial charge in [-0.1, -0.05) is 25.5 Å². The topological polar surface area (TPSA) is 41.5 Å². The van der Waals surface area contributed by atoms with E-state index in [0.29, 0.717) is 4.88 Å². The third kappa shape index (κ3) is 3.27. The largest absolute Gasteiger partial charge is 0.281 e. The van der Waals surface area contributed by atoms with Crippen molar-refractivity contribution in [2.24, 2.45) is 5.10 Å². The molecule has 0 radical (unpaired) electrons. The number of rotatable bonds is 5. The van der Waals surface area contributed by atoms with E-state index in [4.69, 9.17) is 0 Å². The summed E-state index contributed by atoms with van der Waals surface area (Å²) >= 11 is 3.06. The molecule has 3 nitrogen and oxygen atoms in total. The molecule has 0 saturated heterocycles. The minimum Gasteiger partial charge on any atom is -0.266 e. The Balaban J connectivity index is 2.07. The standard InChI is InChI=1S/C13H14N2OS2/c1-2-5-10(11-6-3-8-17-11)14-15-13(16)12-7-4-9-18-12/h3-4,6-9H,2,5H2,1H3,(H,15,16)/b14-10+. The molecule has 0 aromatic carbocycles. The van der Waals surface area contributed by atoms with E-state index in [1.807, 2.05) is 29.0 Å². The molecule has 2 heterocycles. The first-order chi connectivity index (χ1) is 8.81. The minimum absolute atomic E-state index is 0.143. The van der Waals surface area contributed by atoms with E-state index in [1.54, 1.807) is 17.4 Å². The summed E-state index contributed by atoms with van der Waals surface area (Å²) in [4.78, 5) is 13.6. The van der Waals surface area contributed by atoms with Crippen LogP contribution in [0.25, 0.3) is 0 Å². The first kappa shape index (κ1) is 13.0. The Morgan fingerprint density at radius 3 is 2.44 bits per heavy atom. The summed E-state index contributed by atoms with van der Waals surface area (Å²) < 4.78 is 0. The Hall–Kier alpha value is -1.46. The van der Waals surface area contributed by atoms with Gasteiger partial charge in [0.25, 0.3) is 5.91 Å². The van der Waals surface area contributed by atoms with Crippen LogP contribution < -0.4 is 5.43 Å². The average molecular weight is 278 g/mol. The second kappa shape index (κ2) is 6.47. The van der Waals surface area contributed by atoms with Crippen molar-refractivity contribution in [2.45, 2.75) is 19.8 Å². The van der Waals surface area contributed by atoms with Gasteiger partial charge < -0.3 is 0 Å². The molecule has 5 heteroatoms. The van der Waals surface area contributed by atoms with Crippen LogP contribution in [-0.4, -0.2) is 11.6 Å². The van der Waals surface area contributed by atoms with Gasteiger partial charge in [0.05, 0.1) is 15.5 Å². The predicted octanol–water partition coefficient (Wildman–Crippen LogP) is 3.74. The number of hydrogen-bond acceptors (Lipinski definition) is 4. The van der Waals surface area contributed by atoms with Crippen molar-refractivity contribution in [3.63, 3.8) is 0 Å². The van der Waals surface area contributed by atoms with Crippen LogP contribution in [-0.2, 0) is 0 Å². The van der Waals surface area contributed by atoms with Gasteiger partial charge in [0.15, 0.2) is 0 Å². The van der Waals surface area contributed by atoms with Crippen LogP contribution in [0.1, 0.15) is 34.3 Å². The van der Waals surface area contributed by atoms with Gasteiger partial charge >= 0.3 is 0 Å². The van der Waals surface area contributed by atoms with E-state index in [9.17, 15) is 4.79 Å². The lowest BCUT2D eigenvalue weighted by Crippen LogP contribution is -2.18. The summed E-state index contributed by atoms with van der Waals surface area (Å²) in [6.07, 6.45) is 1.87. The molecule has 0 unspecified atom stereocenters. The van der Waals surface area contributed by atoms with Crippen LogP contribution in [0.4, 0.5) is 0 Å². The van der Waals surface area contributed by atoms with Crippen LogP contribution >= 0.6 is 22.7 Å². The molecule has 1 amide bonds. The van der Waals surface area contributed by atoms with Gasteiger partial charge in [0, 0.05) is 0 Å². The normalized spacial score (nSPS) is 11.5. The Kier molecular flexibility index (Phi) is 4.66. The van der Waals surface area contributed by atoms with E-state index in [0.717, 1.165) is 23.4 Å². The zero-order chi connectivity index (χ0) is 12.8. The van der Waals surface area contributed by atoms with Crippen molar-refractivity contribution in [3.8, 4) is 0 Å². The minimum atomic E-state index is -0.143. The molecule has 0 bridgehead atoms. The smallest absolute Gasteiger partial charge is 0.266 e. The number of carbonyl (C=O) groups is 1. The monoisotopic (exact) mass is 278 g/mol. The number of hydrogen-bond donors (Lipinski definition) is 1. The third-order valence-electron chi connectivity index (χ3n) is 2.33. The van der Waals surface area contributed by atoms with Crippen LogP contribution in [0.5, 0.6) is 0 Å². The Morgan fingerprint density at radius 1 is 1.22 bits per heavy atom. The highest BCUT2D eigenvalue weighted by Crippen LogP contribution is 2.13. The summed E-state index contributed by atoms with van der Waals surface area (Å²) in [5, 5.41) is 8.14. The van der Waals surface area contributed by atoms with Gasteiger partial charge in [-0.15, -0.1) is 22.7 Å². The molecule has 18 heavy (non-hydrogen) atoms. The molecule has 2 rings (SSSR count). The zero-order valence-electron chi connectivity index (χ0n) is 10.1. The number of nitrogens with one attached hydrogen (secondary N) is 1. The summed E-state index contributed by atoms with van der Waals surface area (Å²) in [7, 11) is 0. The molecular formula is C13H14N2OS2. The fourth-order valence-corrected chi connectivity index (χ4v) is 2.85. The lowest BCUT2D eigenvalue weighted by Gasteiger charge is -2.03. The molecule has 0 aliphatic heterocycles. The van der Waals surface area contributed by atoms with E-state index in [1.165, 1.54) is 11.3 Å². The second-order valence-corrected chi connectivity index (χ2v) is 5.60. The van der Waals surface area contributed by atoms with Gasteiger partial charge in [-0.3, -0.25) is 4.79 Å².